The molecule has 0 aliphatic carbocycles. The molecule has 4 heteroatoms. The van der Waals surface area contributed by atoms with Crippen LogP contribution in [0.5, 0.6) is 0 Å². The Hall–Kier alpha value is -2.62. The lowest BCUT2D eigenvalue weighted by atomic mass is 9.79. The van der Waals surface area contributed by atoms with E-state index in [1.807, 2.05) is 74.5 Å². The number of carbonyl (C=O) groups is 2. The van der Waals surface area contributed by atoms with Gasteiger partial charge in [-0.25, -0.2) is 0 Å². The summed E-state index contributed by atoms with van der Waals surface area (Å²) in [5.74, 6) is -0.139. The molecule has 1 N–H and O–H groups in total. The molecule has 1 fully saturated rings. The number of nitrogens with one attached hydrogen (secondary N) is 1. The highest BCUT2D eigenvalue weighted by molar-refractivity contribution is 6.02. The van der Waals surface area contributed by atoms with E-state index in [9.17, 15) is 9.59 Å². The highest BCUT2D eigenvalue weighted by atomic mass is 16.2. The van der Waals surface area contributed by atoms with E-state index in [2.05, 4.69) is 5.32 Å². The average Bonchev–Trinajstić information content (AvgIpc) is 2.68. The molecule has 0 radical (unpaired) electrons. The van der Waals surface area contributed by atoms with Gasteiger partial charge in [-0.2, -0.15) is 0 Å². The van der Waals surface area contributed by atoms with Crippen LogP contribution in [0.4, 0.5) is 0 Å². The molecule has 4 nitrogen and oxygen atoms in total. The van der Waals surface area contributed by atoms with Crippen LogP contribution in [-0.4, -0.2) is 22.3 Å². The molecule has 0 saturated carbocycles. The lowest BCUT2D eigenvalue weighted by molar-refractivity contribution is -0.165. The topological polar surface area (TPSA) is 49.4 Å². The first kappa shape index (κ1) is 18.2. The maximum atomic E-state index is 13.6. The molecule has 1 unspecified atom stereocenters. The Morgan fingerprint density at radius 2 is 1.42 bits per heavy atom. The first-order chi connectivity index (χ1) is 12.5. The maximum absolute atomic E-state index is 13.6. The van der Waals surface area contributed by atoms with Gasteiger partial charge in [-0.1, -0.05) is 74.5 Å². The summed E-state index contributed by atoms with van der Waals surface area (Å²) in [6.45, 7) is 6.17. The average molecular weight is 350 g/mol. The summed E-state index contributed by atoms with van der Waals surface area (Å²) >= 11 is 0. The third-order valence-electron chi connectivity index (χ3n) is 5.68. The van der Waals surface area contributed by atoms with Crippen molar-refractivity contribution < 1.29 is 9.59 Å². The monoisotopic (exact) mass is 350 g/mol. The van der Waals surface area contributed by atoms with Gasteiger partial charge in [0.05, 0.1) is 0 Å². The third-order valence-corrected chi connectivity index (χ3v) is 5.68. The van der Waals surface area contributed by atoms with E-state index in [1.54, 1.807) is 11.8 Å². The van der Waals surface area contributed by atoms with Gasteiger partial charge in [-0.15, -0.1) is 0 Å². The van der Waals surface area contributed by atoms with E-state index in [-0.39, 0.29) is 11.8 Å². The maximum Gasteiger partial charge on any atom is 0.253 e. The summed E-state index contributed by atoms with van der Waals surface area (Å²) < 4.78 is 0. The zero-order chi connectivity index (χ0) is 18.8. The van der Waals surface area contributed by atoms with Crippen LogP contribution in [0.3, 0.4) is 0 Å². The molecule has 136 valence electrons. The molecule has 2 aromatic carbocycles. The fourth-order valence-electron chi connectivity index (χ4n) is 3.89. The van der Waals surface area contributed by atoms with E-state index in [0.717, 1.165) is 11.1 Å². The third kappa shape index (κ3) is 2.79. The van der Waals surface area contributed by atoms with Crippen LogP contribution in [0.2, 0.25) is 0 Å². The van der Waals surface area contributed by atoms with Crippen molar-refractivity contribution in [3.8, 4) is 0 Å². The second kappa shape index (κ2) is 6.94. The van der Waals surface area contributed by atoms with Crippen molar-refractivity contribution in [2.24, 2.45) is 0 Å². The van der Waals surface area contributed by atoms with Gasteiger partial charge in [0, 0.05) is 6.54 Å². The molecule has 1 heterocycles. The normalized spacial score (nSPS) is 22.2. The number of benzene rings is 2. The van der Waals surface area contributed by atoms with Crippen LogP contribution in [0.15, 0.2) is 60.7 Å². The lowest BCUT2D eigenvalue weighted by Crippen LogP contribution is -2.73. The van der Waals surface area contributed by atoms with Crippen molar-refractivity contribution in [3.63, 3.8) is 0 Å². The summed E-state index contributed by atoms with van der Waals surface area (Å²) in [5.41, 5.74) is -0.0446. The smallest absolute Gasteiger partial charge is 0.253 e. The quantitative estimate of drug-likeness (QED) is 0.895. The SMILES string of the molecule is CCC1(CC)C(=O)NC(C)(c2ccccc2)C(=O)N1Cc1ccccc1. The van der Waals surface area contributed by atoms with Crippen LogP contribution < -0.4 is 5.32 Å². The largest absolute Gasteiger partial charge is 0.336 e. The fourth-order valence-corrected chi connectivity index (χ4v) is 3.89. The Morgan fingerprint density at radius 3 is 1.96 bits per heavy atom. The van der Waals surface area contributed by atoms with Crippen molar-refractivity contribution in [2.45, 2.75) is 51.2 Å². The Labute approximate surface area is 155 Å². The van der Waals surface area contributed by atoms with Crippen molar-refractivity contribution in [3.05, 3.63) is 71.8 Å². The molecule has 26 heavy (non-hydrogen) atoms. The second-order valence-electron chi connectivity index (χ2n) is 7.06. The van der Waals surface area contributed by atoms with Crippen LogP contribution in [0, 0.1) is 0 Å². The first-order valence-electron chi connectivity index (χ1n) is 9.22. The molecule has 1 saturated heterocycles. The van der Waals surface area contributed by atoms with Gasteiger partial charge in [-0.05, 0) is 30.9 Å². The predicted octanol–water partition coefficient (Wildman–Crippen LogP) is 3.62. The number of hydrogen-bond donors (Lipinski definition) is 1. The first-order valence-corrected chi connectivity index (χ1v) is 9.22. The number of hydrogen-bond acceptors (Lipinski definition) is 2. The standard InChI is InChI=1S/C22H26N2O2/c1-4-22(5-2)19(25)23-21(3,18-14-10-7-11-15-18)20(26)24(22)16-17-12-8-6-9-13-17/h6-15H,4-5,16H2,1-3H3,(H,23,25). The molecule has 0 bridgehead atoms. The fraction of sp³-hybridized carbons (Fsp3) is 0.364. The Balaban J connectivity index is 2.08. The minimum atomic E-state index is -1.05. The second-order valence-corrected chi connectivity index (χ2v) is 7.06. The van der Waals surface area contributed by atoms with Crippen LogP contribution >= 0.6 is 0 Å². The number of amides is 2. The Morgan fingerprint density at radius 1 is 0.885 bits per heavy atom. The summed E-state index contributed by atoms with van der Waals surface area (Å²) in [6.07, 6.45) is 1.16. The zero-order valence-electron chi connectivity index (χ0n) is 15.7. The number of carbonyl (C=O) groups excluding carboxylic acids is 2. The van der Waals surface area contributed by atoms with E-state index >= 15 is 0 Å². The minimum absolute atomic E-state index is 0.0594. The molecule has 0 spiro atoms. The van der Waals surface area contributed by atoms with Crippen LogP contribution in [0.25, 0.3) is 0 Å². The van der Waals surface area contributed by atoms with Gasteiger partial charge in [0.25, 0.3) is 5.91 Å². The van der Waals surface area contributed by atoms with Gasteiger partial charge in [0.15, 0.2) is 0 Å². The van der Waals surface area contributed by atoms with Gasteiger partial charge in [-0.3, -0.25) is 9.59 Å². The molecule has 2 amide bonds. The van der Waals surface area contributed by atoms with Crippen LogP contribution in [-0.2, 0) is 21.7 Å². The molecule has 2 aromatic rings. The highest BCUT2D eigenvalue weighted by Crippen LogP contribution is 2.37. The molecule has 1 aliphatic heterocycles. The predicted molar refractivity (Wildman–Crippen MR) is 102 cm³/mol. The van der Waals surface area contributed by atoms with E-state index < -0.39 is 11.1 Å². The summed E-state index contributed by atoms with van der Waals surface area (Å²) in [5, 5.41) is 3.04. The molecule has 3 rings (SSSR count). The van der Waals surface area contributed by atoms with E-state index in [0.29, 0.717) is 19.4 Å². The van der Waals surface area contributed by atoms with Crippen LogP contribution in [0.1, 0.15) is 44.7 Å². The van der Waals surface area contributed by atoms with Crippen molar-refractivity contribution in [1.29, 1.82) is 0 Å². The van der Waals surface area contributed by atoms with Gasteiger partial charge in [0.1, 0.15) is 11.1 Å². The summed E-state index contributed by atoms with van der Waals surface area (Å²) in [6, 6.07) is 19.3. The summed E-state index contributed by atoms with van der Waals surface area (Å²) in [4.78, 5) is 28.6. The van der Waals surface area contributed by atoms with Crippen molar-refractivity contribution >= 4 is 11.8 Å². The van der Waals surface area contributed by atoms with Gasteiger partial charge < -0.3 is 10.2 Å². The molecule has 0 aromatic heterocycles. The number of rotatable bonds is 5. The van der Waals surface area contributed by atoms with Crippen molar-refractivity contribution in [1.82, 2.24) is 10.2 Å². The van der Waals surface area contributed by atoms with Gasteiger partial charge >= 0.3 is 0 Å². The van der Waals surface area contributed by atoms with Gasteiger partial charge in [0.2, 0.25) is 5.91 Å². The van der Waals surface area contributed by atoms with E-state index in [4.69, 9.17) is 0 Å². The zero-order valence-corrected chi connectivity index (χ0v) is 15.7. The molecule has 1 atom stereocenters. The highest BCUT2D eigenvalue weighted by Gasteiger charge is 2.55. The Bertz CT molecular complexity index is 784. The molecule has 1 aliphatic rings. The van der Waals surface area contributed by atoms with Crippen molar-refractivity contribution in [2.75, 3.05) is 0 Å². The molecular weight excluding hydrogens is 324 g/mol. The van der Waals surface area contributed by atoms with E-state index in [1.165, 1.54) is 0 Å². The number of piperazine rings is 1. The minimum Gasteiger partial charge on any atom is -0.336 e. The molecular formula is C22H26N2O2. The number of nitrogens with zero attached hydrogens (tertiary/aromatic N) is 1. The summed E-state index contributed by atoms with van der Waals surface area (Å²) in [7, 11) is 0. The lowest BCUT2D eigenvalue weighted by Gasteiger charge is -2.51. The Kier molecular flexibility index (Phi) is 4.86.